The summed E-state index contributed by atoms with van der Waals surface area (Å²) in [4.78, 5) is 23.4. The molecule has 0 atom stereocenters. The monoisotopic (exact) mass is 327 g/mol. The second kappa shape index (κ2) is 6.51. The number of nitrogens with one attached hydrogen (secondary N) is 1. The number of ether oxygens (including phenoxy) is 1. The summed E-state index contributed by atoms with van der Waals surface area (Å²) in [6, 6.07) is 7.15. The summed E-state index contributed by atoms with van der Waals surface area (Å²) in [6.07, 6.45) is -4.78. The smallest absolute Gasteiger partial charge is 0.406 e. The molecular weight excluding hydrogens is 315 g/mol. The molecule has 1 heterocycles. The molecule has 6 nitrogen and oxygen atoms in total. The molecule has 1 aromatic carbocycles. The molecular formula is C14H12F3N3O3. The van der Waals surface area contributed by atoms with Gasteiger partial charge in [-0.2, -0.15) is 5.10 Å². The van der Waals surface area contributed by atoms with Gasteiger partial charge in [0.1, 0.15) is 11.4 Å². The van der Waals surface area contributed by atoms with Crippen LogP contribution in [-0.2, 0) is 6.54 Å². The minimum absolute atomic E-state index is 0.0158. The molecule has 0 fully saturated rings. The number of aryl methyl sites for hydroxylation is 1. The summed E-state index contributed by atoms with van der Waals surface area (Å²) in [6.45, 7) is 2.01. The van der Waals surface area contributed by atoms with Gasteiger partial charge in [-0.05, 0) is 37.3 Å². The molecule has 0 spiro atoms. The number of anilines is 1. The molecule has 122 valence electrons. The van der Waals surface area contributed by atoms with E-state index in [9.17, 15) is 22.8 Å². The Morgan fingerprint density at radius 1 is 1.22 bits per heavy atom. The molecule has 0 saturated heterocycles. The number of nitrogens with zero attached hydrogens (tertiary/aromatic N) is 2. The lowest BCUT2D eigenvalue weighted by atomic mass is 10.3. The van der Waals surface area contributed by atoms with Crippen LogP contribution in [0.4, 0.5) is 18.9 Å². The predicted molar refractivity (Wildman–Crippen MR) is 75.2 cm³/mol. The van der Waals surface area contributed by atoms with Crippen LogP contribution in [0.25, 0.3) is 0 Å². The zero-order valence-corrected chi connectivity index (χ0v) is 11.9. The SMILES string of the molecule is CCn1nc(C(=O)Nc2ccc(OC(F)(F)F)cc2)ccc1=O. The van der Waals surface area contributed by atoms with Crippen LogP contribution in [0.15, 0.2) is 41.2 Å². The molecule has 2 rings (SSSR count). The van der Waals surface area contributed by atoms with Crippen molar-refractivity contribution in [2.45, 2.75) is 19.8 Å². The van der Waals surface area contributed by atoms with Crippen LogP contribution in [0.2, 0.25) is 0 Å². The Bertz CT molecular complexity index is 754. The molecule has 0 radical (unpaired) electrons. The summed E-state index contributed by atoms with van der Waals surface area (Å²) in [7, 11) is 0. The van der Waals surface area contributed by atoms with Crippen molar-refractivity contribution in [2.75, 3.05) is 5.32 Å². The van der Waals surface area contributed by atoms with Crippen molar-refractivity contribution in [1.29, 1.82) is 0 Å². The third-order valence-electron chi connectivity index (χ3n) is 2.74. The topological polar surface area (TPSA) is 73.2 Å². The molecule has 1 N–H and O–H groups in total. The fraction of sp³-hybridized carbons (Fsp3) is 0.214. The number of hydrogen-bond acceptors (Lipinski definition) is 4. The predicted octanol–water partition coefficient (Wildman–Crippen LogP) is 2.41. The Labute approximate surface area is 128 Å². The lowest BCUT2D eigenvalue weighted by Gasteiger charge is -2.10. The van der Waals surface area contributed by atoms with Gasteiger partial charge in [0.2, 0.25) is 0 Å². The second-order valence-electron chi connectivity index (χ2n) is 4.40. The van der Waals surface area contributed by atoms with E-state index in [1.54, 1.807) is 6.92 Å². The van der Waals surface area contributed by atoms with Gasteiger partial charge in [-0.25, -0.2) is 4.68 Å². The average Bonchev–Trinajstić information content (AvgIpc) is 2.48. The molecule has 0 aliphatic carbocycles. The molecule has 23 heavy (non-hydrogen) atoms. The van der Waals surface area contributed by atoms with Crippen molar-refractivity contribution < 1.29 is 22.7 Å². The minimum Gasteiger partial charge on any atom is -0.406 e. The fourth-order valence-corrected chi connectivity index (χ4v) is 1.73. The first-order chi connectivity index (χ1) is 10.8. The molecule has 2 aromatic rings. The highest BCUT2D eigenvalue weighted by Crippen LogP contribution is 2.24. The summed E-state index contributed by atoms with van der Waals surface area (Å²) < 4.78 is 41.0. The van der Waals surface area contributed by atoms with Gasteiger partial charge in [-0.15, -0.1) is 13.2 Å². The Kier molecular flexibility index (Phi) is 4.68. The standard InChI is InChI=1S/C14H12F3N3O3/c1-2-20-12(21)8-7-11(19-20)13(22)18-9-3-5-10(6-4-9)23-14(15,16)17/h3-8H,2H2,1H3,(H,18,22). The van der Waals surface area contributed by atoms with Gasteiger partial charge >= 0.3 is 6.36 Å². The van der Waals surface area contributed by atoms with Crippen LogP contribution >= 0.6 is 0 Å². The first kappa shape index (κ1) is 16.5. The van der Waals surface area contributed by atoms with Crippen LogP contribution in [0.3, 0.4) is 0 Å². The van der Waals surface area contributed by atoms with Gasteiger partial charge in [0.15, 0.2) is 0 Å². The Balaban J connectivity index is 2.10. The van der Waals surface area contributed by atoms with E-state index in [2.05, 4.69) is 15.2 Å². The van der Waals surface area contributed by atoms with E-state index in [1.807, 2.05) is 0 Å². The number of halogens is 3. The van der Waals surface area contributed by atoms with Crippen LogP contribution < -0.4 is 15.6 Å². The second-order valence-corrected chi connectivity index (χ2v) is 4.40. The maximum Gasteiger partial charge on any atom is 0.573 e. The van der Waals surface area contributed by atoms with Gasteiger partial charge in [-0.3, -0.25) is 9.59 Å². The maximum absolute atomic E-state index is 12.0. The van der Waals surface area contributed by atoms with Gasteiger partial charge in [0.25, 0.3) is 11.5 Å². The first-order valence-electron chi connectivity index (χ1n) is 6.54. The van der Waals surface area contributed by atoms with E-state index in [4.69, 9.17) is 0 Å². The average molecular weight is 327 g/mol. The van der Waals surface area contributed by atoms with Crippen LogP contribution in [0, 0.1) is 0 Å². The first-order valence-corrected chi connectivity index (χ1v) is 6.54. The number of aromatic nitrogens is 2. The number of hydrogen-bond donors (Lipinski definition) is 1. The van der Waals surface area contributed by atoms with E-state index in [0.29, 0.717) is 6.54 Å². The fourth-order valence-electron chi connectivity index (χ4n) is 1.73. The van der Waals surface area contributed by atoms with Crippen molar-refractivity contribution in [3.63, 3.8) is 0 Å². The molecule has 0 aliphatic heterocycles. The molecule has 0 bridgehead atoms. The van der Waals surface area contributed by atoms with Crippen LogP contribution in [0.5, 0.6) is 5.75 Å². The Hall–Kier alpha value is -2.84. The number of benzene rings is 1. The molecule has 1 amide bonds. The highest BCUT2D eigenvalue weighted by molar-refractivity contribution is 6.02. The van der Waals surface area contributed by atoms with Crippen LogP contribution in [0.1, 0.15) is 17.4 Å². The highest BCUT2D eigenvalue weighted by atomic mass is 19.4. The zero-order chi connectivity index (χ0) is 17.0. The normalized spacial score (nSPS) is 11.1. The number of carbonyl (C=O) groups is 1. The molecule has 1 aromatic heterocycles. The summed E-state index contributed by atoms with van der Waals surface area (Å²) in [5, 5.41) is 6.34. The number of rotatable bonds is 4. The van der Waals surface area contributed by atoms with Crippen molar-refractivity contribution >= 4 is 11.6 Å². The third-order valence-corrected chi connectivity index (χ3v) is 2.74. The van der Waals surface area contributed by atoms with Crippen molar-refractivity contribution in [1.82, 2.24) is 9.78 Å². The summed E-state index contributed by atoms with van der Waals surface area (Å²) >= 11 is 0. The highest BCUT2D eigenvalue weighted by Gasteiger charge is 2.30. The Morgan fingerprint density at radius 3 is 2.43 bits per heavy atom. The third kappa shape index (κ3) is 4.56. The lowest BCUT2D eigenvalue weighted by Crippen LogP contribution is -2.25. The number of amides is 1. The largest absolute Gasteiger partial charge is 0.573 e. The van der Waals surface area contributed by atoms with Crippen molar-refractivity contribution in [3.8, 4) is 5.75 Å². The molecule has 0 unspecified atom stereocenters. The maximum atomic E-state index is 12.0. The van der Waals surface area contributed by atoms with E-state index in [1.165, 1.54) is 24.3 Å². The Morgan fingerprint density at radius 2 is 1.87 bits per heavy atom. The summed E-state index contributed by atoms with van der Waals surface area (Å²) in [5.74, 6) is -0.982. The van der Waals surface area contributed by atoms with E-state index in [0.717, 1.165) is 16.8 Å². The number of alkyl halides is 3. The van der Waals surface area contributed by atoms with Crippen molar-refractivity contribution in [3.05, 3.63) is 52.4 Å². The van der Waals surface area contributed by atoms with Gasteiger partial charge in [-0.1, -0.05) is 0 Å². The summed E-state index contributed by atoms with van der Waals surface area (Å²) in [5.41, 5.74) is -0.0552. The molecule has 9 heteroatoms. The molecule has 0 aliphatic rings. The van der Waals surface area contributed by atoms with Crippen molar-refractivity contribution in [2.24, 2.45) is 0 Å². The van der Waals surface area contributed by atoms with Crippen LogP contribution in [-0.4, -0.2) is 22.1 Å². The lowest BCUT2D eigenvalue weighted by molar-refractivity contribution is -0.274. The van der Waals surface area contributed by atoms with E-state index >= 15 is 0 Å². The van der Waals surface area contributed by atoms with Gasteiger partial charge in [0, 0.05) is 18.3 Å². The van der Waals surface area contributed by atoms with Gasteiger partial charge < -0.3 is 10.1 Å². The zero-order valence-electron chi connectivity index (χ0n) is 11.9. The molecule has 0 saturated carbocycles. The number of carbonyl (C=O) groups excluding carboxylic acids is 1. The van der Waals surface area contributed by atoms with E-state index < -0.39 is 18.0 Å². The van der Waals surface area contributed by atoms with E-state index in [-0.39, 0.29) is 16.9 Å². The minimum atomic E-state index is -4.78. The quantitative estimate of drug-likeness (QED) is 0.936. The van der Waals surface area contributed by atoms with Gasteiger partial charge in [0.05, 0.1) is 0 Å².